The number of aliphatic carboxylic acids is 2. The maximum atomic E-state index is 12.3. The molecule has 25 heavy (non-hydrogen) atoms. The van der Waals surface area contributed by atoms with Crippen LogP contribution >= 0.6 is 0 Å². The molecule has 0 bridgehead atoms. The molecule has 0 saturated carbocycles. The Kier molecular flexibility index (Phi) is 6.30. The molecule has 0 saturated heterocycles. The van der Waals surface area contributed by atoms with Crippen molar-refractivity contribution in [3.05, 3.63) is 41.5 Å². The Hall–Kier alpha value is -2.67. The molecule has 1 aromatic carbocycles. The van der Waals surface area contributed by atoms with Crippen molar-refractivity contribution in [2.24, 2.45) is 11.7 Å². The molecular weight excluding hydrogens is 324 g/mol. The van der Waals surface area contributed by atoms with E-state index in [1.807, 2.05) is 30.3 Å². The quantitative estimate of drug-likeness (QED) is 0.528. The first-order valence-corrected chi connectivity index (χ1v) is 8.14. The monoisotopic (exact) mass is 346 g/mol. The predicted molar refractivity (Wildman–Crippen MR) is 91.7 cm³/mol. The van der Waals surface area contributed by atoms with Gasteiger partial charge in [0.15, 0.2) is 0 Å². The number of benzene rings is 1. The SMILES string of the molecule is NCC(CCC(=O)O)C(=O)NC(CC1=CCc2ccccc21)C(=O)O. The number of hydrogen-bond donors (Lipinski definition) is 4. The summed E-state index contributed by atoms with van der Waals surface area (Å²) in [6.07, 6.45) is 2.78. The van der Waals surface area contributed by atoms with E-state index in [1.165, 1.54) is 0 Å². The Morgan fingerprint density at radius 2 is 1.92 bits per heavy atom. The molecule has 1 aliphatic rings. The van der Waals surface area contributed by atoms with Crippen LogP contribution in [-0.2, 0) is 20.8 Å². The molecule has 1 amide bonds. The van der Waals surface area contributed by atoms with E-state index in [0.29, 0.717) is 0 Å². The predicted octanol–water partition coefficient (Wildman–Crippen LogP) is 1.03. The van der Waals surface area contributed by atoms with E-state index in [-0.39, 0.29) is 25.8 Å². The zero-order valence-electron chi connectivity index (χ0n) is 13.8. The Morgan fingerprint density at radius 1 is 1.20 bits per heavy atom. The molecule has 7 nitrogen and oxygen atoms in total. The molecule has 1 aliphatic carbocycles. The summed E-state index contributed by atoms with van der Waals surface area (Å²) >= 11 is 0. The summed E-state index contributed by atoms with van der Waals surface area (Å²) in [5, 5.41) is 20.7. The average molecular weight is 346 g/mol. The molecule has 2 rings (SSSR count). The lowest BCUT2D eigenvalue weighted by Crippen LogP contribution is -2.45. The molecule has 2 unspecified atom stereocenters. The van der Waals surface area contributed by atoms with Gasteiger partial charge in [0.05, 0.1) is 5.92 Å². The topological polar surface area (TPSA) is 130 Å². The van der Waals surface area contributed by atoms with Crippen LogP contribution in [0.5, 0.6) is 0 Å². The fourth-order valence-corrected chi connectivity index (χ4v) is 2.91. The summed E-state index contributed by atoms with van der Waals surface area (Å²) in [4.78, 5) is 34.4. The van der Waals surface area contributed by atoms with Gasteiger partial charge >= 0.3 is 11.9 Å². The van der Waals surface area contributed by atoms with Crippen LogP contribution in [0.2, 0.25) is 0 Å². The second kappa shape index (κ2) is 8.43. The zero-order valence-corrected chi connectivity index (χ0v) is 13.8. The normalized spacial score (nSPS) is 15.0. The minimum atomic E-state index is -1.13. The molecule has 1 aromatic rings. The highest BCUT2D eigenvalue weighted by molar-refractivity contribution is 5.87. The van der Waals surface area contributed by atoms with E-state index in [2.05, 4.69) is 5.32 Å². The van der Waals surface area contributed by atoms with Gasteiger partial charge in [0.2, 0.25) is 5.91 Å². The van der Waals surface area contributed by atoms with Crippen molar-refractivity contribution >= 4 is 23.4 Å². The molecule has 0 radical (unpaired) electrons. The van der Waals surface area contributed by atoms with Crippen LogP contribution in [0.3, 0.4) is 0 Å². The summed E-state index contributed by atoms with van der Waals surface area (Å²) < 4.78 is 0. The van der Waals surface area contributed by atoms with Gasteiger partial charge in [-0.05, 0) is 29.5 Å². The van der Waals surface area contributed by atoms with Crippen molar-refractivity contribution in [3.8, 4) is 0 Å². The first kappa shape index (κ1) is 18.7. The van der Waals surface area contributed by atoms with Gasteiger partial charge in [-0.15, -0.1) is 0 Å². The molecule has 5 N–H and O–H groups in total. The number of fused-ring (bicyclic) bond motifs is 1. The Morgan fingerprint density at radius 3 is 2.56 bits per heavy atom. The first-order valence-electron chi connectivity index (χ1n) is 8.14. The lowest BCUT2D eigenvalue weighted by atomic mass is 9.98. The van der Waals surface area contributed by atoms with Crippen LogP contribution in [0.25, 0.3) is 5.57 Å². The molecular formula is C18H22N2O5. The lowest BCUT2D eigenvalue weighted by Gasteiger charge is -2.20. The number of carbonyl (C=O) groups excluding carboxylic acids is 1. The number of nitrogens with one attached hydrogen (secondary N) is 1. The summed E-state index contributed by atoms with van der Waals surface area (Å²) in [6, 6.07) is 6.67. The van der Waals surface area contributed by atoms with Gasteiger partial charge in [-0.3, -0.25) is 9.59 Å². The number of allylic oxidation sites excluding steroid dienone is 1. The van der Waals surface area contributed by atoms with E-state index in [0.717, 1.165) is 23.1 Å². The minimum absolute atomic E-state index is 0.0308. The maximum Gasteiger partial charge on any atom is 0.326 e. The molecule has 2 atom stereocenters. The molecule has 0 aromatic heterocycles. The molecule has 0 heterocycles. The van der Waals surface area contributed by atoms with Crippen molar-refractivity contribution in [1.82, 2.24) is 5.32 Å². The van der Waals surface area contributed by atoms with E-state index >= 15 is 0 Å². The third-order valence-electron chi connectivity index (χ3n) is 4.33. The van der Waals surface area contributed by atoms with Crippen molar-refractivity contribution in [3.63, 3.8) is 0 Å². The summed E-state index contributed by atoms with van der Waals surface area (Å²) in [6.45, 7) is -0.0308. The largest absolute Gasteiger partial charge is 0.481 e. The van der Waals surface area contributed by atoms with Gasteiger partial charge in [-0.25, -0.2) is 4.79 Å². The number of rotatable bonds is 9. The van der Waals surface area contributed by atoms with E-state index in [9.17, 15) is 19.5 Å². The Balaban J connectivity index is 2.03. The van der Waals surface area contributed by atoms with E-state index in [1.54, 1.807) is 0 Å². The molecule has 0 spiro atoms. The number of carboxylic acid groups (broad SMARTS) is 2. The summed E-state index contributed by atoms with van der Waals surface area (Å²) in [7, 11) is 0. The van der Waals surface area contributed by atoms with Crippen LogP contribution in [-0.4, -0.2) is 40.6 Å². The standard InChI is InChI=1S/C18H22N2O5/c19-10-13(7-8-16(21)22)17(23)20-15(18(24)25)9-12-6-5-11-3-1-2-4-14(11)12/h1-4,6,13,15H,5,7-10,19H2,(H,20,23)(H,21,22)(H,24,25). The lowest BCUT2D eigenvalue weighted by molar-refractivity contribution is -0.142. The maximum absolute atomic E-state index is 12.3. The molecule has 7 heteroatoms. The highest BCUT2D eigenvalue weighted by atomic mass is 16.4. The molecule has 134 valence electrons. The second-order valence-electron chi connectivity index (χ2n) is 6.06. The van der Waals surface area contributed by atoms with Gasteiger partial charge in [-0.2, -0.15) is 0 Å². The van der Waals surface area contributed by atoms with Gasteiger partial charge in [-0.1, -0.05) is 30.3 Å². The summed E-state index contributed by atoms with van der Waals surface area (Å²) in [5.41, 5.74) is 8.55. The van der Waals surface area contributed by atoms with Crippen LogP contribution < -0.4 is 11.1 Å². The van der Waals surface area contributed by atoms with Gasteiger partial charge in [0.25, 0.3) is 0 Å². The van der Waals surface area contributed by atoms with Crippen LogP contribution in [0.1, 0.15) is 30.4 Å². The minimum Gasteiger partial charge on any atom is -0.481 e. The van der Waals surface area contributed by atoms with Gasteiger partial charge < -0.3 is 21.3 Å². The zero-order chi connectivity index (χ0) is 18.4. The summed E-state index contributed by atoms with van der Waals surface area (Å²) in [5.74, 6) is -3.40. The first-order chi connectivity index (χ1) is 11.9. The number of carboxylic acids is 2. The molecule has 0 fully saturated rings. The van der Waals surface area contributed by atoms with Gasteiger partial charge in [0.1, 0.15) is 6.04 Å². The van der Waals surface area contributed by atoms with E-state index in [4.69, 9.17) is 10.8 Å². The highest BCUT2D eigenvalue weighted by Gasteiger charge is 2.27. The number of carbonyl (C=O) groups is 3. The van der Waals surface area contributed by atoms with E-state index < -0.39 is 29.8 Å². The third kappa shape index (κ3) is 4.90. The van der Waals surface area contributed by atoms with Crippen molar-refractivity contribution in [2.75, 3.05) is 6.54 Å². The van der Waals surface area contributed by atoms with Crippen molar-refractivity contribution in [1.29, 1.82) is 0 Å². The number of amides is 1. The third-order valence-corrected chi connectivity index (χ3v) is 4.33. The van der Waals surface area contributed by atoms with Crippen LogP contribution in [0, 0.1) is 5.92 Å². The number of nitrogens with two attached hydrogens (primary N) is 1. The van der Waals surface area contributed by atoms with Crippen LogP contribution in [0.4, 0.5) is 0 Å². The molecule has 0 aliphatic heterocycles. The van der Waals surface area contributed by atoms with Crippen molar-refractivity contribution in [2.45, 2.75) is 31.7 Å². The fourth-order valence-electron chi connectivity index (χ4n) is 2.91. The van der Waals surface area contributed by atoms with Crippen molar-refractivity contribution < 1.29 is 24.6 Å². The van der Waals surface area contributed by atoms with Crippen LogP contribution in [0.15, 0.2) is 30.3 Å². The Labute approximate surface area is 145 Å². The highest BCUT2D eigenvalue weighted by Crippen LogP contribution is 2.30. The number of hydrogen-bond acceptors (Lipinski definition) is 4. The van der Waals surface area contributed by atoms with Gasteiger partial charge in [0, 0.05) is 19.4 Å². The average Bonchev–Trinajstić information content (AvgIpc) is 2.97. The smallest absolute Gasteiger partial charge is 0.326 e. The fraction of sp³-hybridized carbons (Fsp3) is 0.389. The second-order valence-corrected chi connectivity index (χ2v) is 6.06. The Bertz CT molecular complexity index is 698.